The lowest BCUT2D eigenvalue weighted by molar-refractivity contribution is -0.134. The summed E-state index contributed by atoms with van der Waals surface area (Å²) >= 11 is 6.02. The number of carbonyl (C=O) groups is 1. The van der Waals surface area contributed by atoms with E-state index in [2.05, 4.69) is 35.2 Å². The number of halogens is 1. The van der Waals surface area contributed by atoms with Gasteiger partial charge in [0, 0.05) is 30.6 Å². The lowest BCUT2D eigenvalue weighted by atomic mass is 9.89. The number of benzene rings is 2. The number of rotatable bonds is 7. The highest BCUT2D eigenvalue weighted by Gasteiger charge is 2.22. The number of hydrogen-bond acceptors (Lipinski definition) is 3. The zero-order valence-corrected chi connectivity index (χ0v) is 20.8. The zero-order valence-electron chi connectivity index (χ0n) is 20.1. The average Bonchev–Trinajstić information content (AvgIpc) is 3.04. The highest BCUT2D eigenvalue weighted by molar-refractivity contribution is 6.30. The molecule has 1 saturated heterocycles. The molecular formula is C28H37ClN2O2. The number of nitrogens with zero attached hydrogens (tertiary/aromatic N) is 2. The number of amides is 1. The van der Waals surface area contributed by atoms with Crippen LogP contribution < -0.4 is 4.74 Å². The number of carbonyl (C=O) groups excluding carboxylic acids is 1. The van der Waals surface area contributed by atoms with Crippen molar-refractivity contribution < 1.29 is 9.53 Å². The van der Waals surface area contributed by atoms with Crippen LogP contribution in [-0.4, -0.2) is 55.0 Å². The summed E-state index contributed by atoms with van der Waals surface area (Å²) in [5.41, 5.74) is 4.10. The Morgan fingerprint density at radius 1 is 1.00 bits per heavy atom. The standard InChI is InChI=1S/C28H37ClN2O2/c1-21(2)28(32)31-17-12-23-6-9-27(20-25(23)13-18-31)33-19-3-14-30-15-10-24(11-16-30)22-4-7-26(29)8-5-22/h4-9,20-21,24H,3,10-19H2,1-2H3. The molecule has 1 amide bonds. The van der Waals surface area contributed by atoms with Gasteiger partial charge in [0.25, 0.3) is 0 Å². The Labute approximate surface area is 203 Å². The molecule has 5 heteroatoms. The maximum absolute atomic E-state index is 12.4. The minimum atomic E-state index is 0.0633. The van der Waals surface area contributed by atoms with Gasteiger partial charge in [0.2, 0.25) is 5.91 Å². The maximum atomic E-state index is 12.4. The third-order valence-corrected chi connectivity index (χ3v) is 7.35. The van der Waals surface area contributed by atoms with Crippen LogP contribution in [0, 0.1) is 5.92 Å². The summed E-state index contributed by atoms with van der Waals surface area (Å²) < 4.78 is 6.10. The largest absolute Gasteiger partial charge is 0.494 e. The van der Waals surface area contributed by atoms with Crippen LogP contribution in [0.4, 0.5) is 0 Å². The predicted octanol–water partition coefficient (Wildman–Crippen LogP) is 5.57. The lowest BCUT2D eigenvalue weighted by Crippen LogP contribution is -2.36. The Bertz CT molecular complexity index is 920. The first-order chi connectivity index (χ1) is 16.0. The third kappa shape index (κ3) is 6.51. The second-order valence-corrected chi connectivity index (χ2v) is 10.2. The van der Waals surface area contributed by atoms with Crippen molar-refractivity contribution in [3.05, 3.63) is 64.2 Å². The van der Waals surface area contributed by atoms with Gasteiger partial charge in [0.05, 0.1) is 6.61 Å². The molecule has 0 aromatic heterocycles. The first-order valence-corrected chi connectivity index (χ1v) is 12.9. The first-order valence-electron chi connectivity index (χ1n) is 12.5. The predicted molar refractivity (Wildman–Crippen MR) is 135 cm³/mol. The molecule has 0 radical (unpaired) electrons. The smallest absolute Gasteiger partial charge is 0.225 e. The van der Waals surface area contributed by atoms with Gasteiger partial charge < -0.3 is 14.5 Å². The van der Waals surface area contributed by atoms with Crippen LogP contribution in [0.15, 0.2) is 42.5 Å². The number of fused-ring (bicyclic) bond motifs is 1. The molecular weight excluding hydrogens is 432 g/mol. The molecule has 4 nitrogen and oxygen atoms in total. The Morgan fingerprint density at radius 2 is 1.70 bits per heavy atom. The second kappa shape index (κ2) is 11.4. The Kier molecular flexibility index (Phi) is 8.32. The quantitative estimate of drug-likeness (QED) is 0.498. The Hall–Kier alpha value is -2.04. The Morgan fingerprint density at radius 3 is 2.39 bits per heavy atom. The molecule has 0 atom stereocenters. The topological polar surface area (TPSA) is 32.8 Å². The third-order valence-electron chi connectivity index (χ3n) is 7.10. The fourth-order valence-electron chi connectivity index (χ4n) is 5.08. The molecule has 0 spiro atoms. The molecule has 2 aromatic rings. The van der Waals surface area contributed by atoms with E-state index in [0.717, 1.165) is 69.4 Å². The molecule has 2 aliphatic heterocycles. The van der Waals surface area contributed by atoms with E-state index in [0.29, 0.717) is 5.92 Å². The molecule has 0 unspecified atom stereocenters. The number of hydrogen-bond donors (Lipinski definition) is 0. The van der Waals surface area contributed by atoms with Gasteiger partial charge >= 0.3 is 0 Å². The van der Waals surface area contributed by atoms with Crippen LogP contribution in [0.2, 0.25) is 5.02 Å². The summed E-state index contributed by atoms with van der Waals surface area (Å²) in [6.07, 6.45) is 5.31. The summed E-state index contributed by atoms with van der Waals surface area (Å²) in [5.74, 6) is 1.93. The highest BCUT2D eigenvalue weighted by atomic mass is 35.5. The Balaban J connectivity index is 1.18. The van der Waals surface area contributed by atoms with Gasteiger partial charge in [0.15, 0.2) is 0 Å². The van der Waals surface area contributed by atoms with E-state index < -0.39 is 0 Å². The molecule has 1 fully saturated rings. The zero-order chi connectivity index (χ0) is 23.2. The van der Waals surface area contributed by atoms with Crippen LogP contribution >= 0.6 is 11.6 Å². The molecule has 2 heterocycles. The van der Waals surface area contributed by atoms with E-state index in [1.807, 2.05) is 30.9 Å². The van der Waals surface area contributed by atoms with E-state index in [1.165, 1.54) is 29.5 Å². The van der Waals surface area contributed by atoms with Crippen molar-refractivity contribution in [2.24, 2.45) is 5.92 Å². The normalized spacial score (nSPS) is 17.6. The molecule has 2 aromatic carbocycles. The van der Waals surface area contributed by atoms with E-state index in [1.54, 1.807) is 0 Å². The van der Waals surface area contributed by atoms with Crippen LogP contribution in [0.25, 0.3) is 0 Å². The first kappa shape index (κ1) is 24.1. The lowest BCUT2D eigenvalue weighted by Gasteiger charge is -2.32. The summed E-state index contributed by atoms with van der Waals surface area (Å²) in [6.45, 7) is 9.72. The van der Waals surface area contributed by atoms with Gasteiger partial charge in [-0.2, -0.15) is 0 Å². The molecule has 0 N–H and O–H groups in total. The van der Waals surface area contributed by atoms with Crippen molar-refractivity contribution in [2.75, 3.05) is 39.3 Å². The number of ether oxygens (including phenoxy) is 1. The van der Waals surface area contributed by atoms with Crippen molar-refractivity contribution in [3.8, 4) is 5.75 Å². The van der Waals surface area contributed by atoms with Gasteiger partial charge in [-0.3, -0.25) is 4.79 Å². The molecule has 0 bridgehead atoms. The summed E-state index contributed by atoms with van der Waals surface area (Å²) in [5, 5.41) is 0.814. The maximum Gasteiger partial charge on any atom is 0.225 e. The van der Waals surface area contributed by atoms with Gasteiger partial charge in [-0.15, -0.1) is 0 Å². The highest BCUT2D eigenvalue weighted by Crippen LogP contribution is 2.29. The molecule has 178 valence electrons. The molecule has 0 saturated carbocycles. The fraction of sp³-hybridized carbons (Fsp3) is 0.536. The molecule has 4 rings (SSSR count). The average molecular weight is 469 g/mol. The second-order valence-electron chi connectivity index (χ2n) is 9.78. The van der Waals surface area contributed by atoms with Crippen LogP contribution in [0.3, 0.4) is 0 Å². The molecule has 33 heavy (non-hydrogen) atoms. The van der Waals surface area contributed by atoms with Crippen molar-refractivity contribution in [1.82, 2.24) is 9.80 Å². The minimum absolute atomic E-state index is 0.0633. The van der Waals surface area contributed by atoms with E-state index in [-0.39, 0.29) is 11.8 Å². The van der Waals surface area contributed by atoms with E-state index >= 15 is 0 Å². The fourth-order valence-corrected chi connectivity index (χ4v) is 5.21. The van der Waals surface area contributed by atoms with Crippen molar-refractivity contribution in [3.63, 3.8) is 0 Å². The van der Waals surface area contributed by atoms with Crippen molar-refractivity contribution in [2.45, 2.75) is 51.9 Å². The van der Waals surface area contributed by atoms with Crippen LogP contribution in [0.1, 0.15) is 55.7 Å². The summed E-state index contributed by atoms with van der Waals surface area (Å²) in [6, 6.07) is 14.8. The van der Waals surface area contributed by atoms with Gasteiger partial charge in [0.1, 0.15) is 5.75 Å². The minimum Gasteiger partial charge on any atom is -0.494 e. The van der Waals surface area contributed by atoms with E-state index in [9.17, 15) is 4.79 Å². The van der Waals surface area contributed by atoms with Crippen molar-refractivity contribution in [1.29, 1.82) is 0 Å². The summed E-state index contributed by atoms with van der Waals surface area (Å²) in [4.78, 5) is 16.9. The monoisotopic (exact) mass is 468 g/mol. The SMILES string of the molecule is CC(C)C(=O)N1CCc2ccc(OCCCN3CCC(c4ccc(Cl)cc4)CC3)cc2CC1. The number of piperidine rings is 1. The van der Waals surface area contributed by atoms with Crippen LogP contribution in [0.5, 0.6) is 5.75 Å². The van der Waals surface area contributed by atoms with Gasteiger partial charge in [-0.1, -0.05) is 43.6 Å². The van der Waals surface area contributed by atoms with Gasteiger partial charge in [-0.05, 0) is 92.1 Å². The van der Waals surface area contributed by atoms with Gasteiger partial charge in [-0.25, -0.2) is 0 Å². The summed E-state index contributed by atoms with van der Waals surface area (Å²) in [7, 11) is 0. The van der Waals surface area contributed by atoms with Crippen molar-refractivity contribution >= 4 is 17.5 Å². The van der Waals surface area contributed by atoms with E-state index in [4.69, 9.17) is 16.3 Å². The van der Waals surface area contributed by atoms with Crippen LogP contribution in [-0.2, 0) is 17.6 Å². The molecule has 2 aliphatic rings. The molecule has 0 aliphatic carbocycles. The number of likely N-dealkylation sites (tertiary alicyclic amines) is 1.